The molecule has 2 amide bonds. The molecule has 12 nitrogen and oxygen atoms in total. The summed E-state index contributed by atoms with van der Waals surface area (Å²) in [5, 5.41) is 24.5. The van der Waals surface area contributed by atoms with E-state index < -0.39 is 65.3 Å². The molecule has 6 atom stereocenters. The van der Waals surface area contributed by atoms with Crippen LogP contribution < -0.4 is 10.6 Å². The van der Waals surface area contributed by atoms with Gasteiger partial charge in [-0.05, 0) is 123 Å². The number of rotatable bonds is 14. The number of sulfone groups is 2. The van der Waals surface area contributed by atoms with Gasteiger partial charge in [-0.3, -0.25) is 9.59 Å². The Hall–Kier alpha value is -3.64. The average molecular weight is 1060 g/mol. The third kappa shape index (κ3) is 11.8. The molecule has 348 valence electrons. The monoisotopic (exact) mass is 1050 g/mol. The average Bonchev–Trinajstić information content (AvgIpc) is 4.13. The molecule has 8 rings (SSSR count). The summed E-state index contributed by atoms with van der Waals surface area (Å²) in [5.74, 6) is -2.16. The molecule has 4 fully saturated rings. The van der Waals surface area contributed by atoms with Gasteiger partial charge in [0.05, 0.1) is 79.7 Å². The highest BCUT2D eigenvalue weighted by atomic mass is 35.5. The van der Waals surface area contributed by atoms with E-state index in [-0.39, 0.29) is 70.5 Å². The molecule has 0 aliphatic heterocycles. The zero-order valence-corrected chi connectivity index (χ0v) is 41.0. The highest BCUT2D eigenvalue weighted by Gasteiger charge is 2.52. The lowest BCUT2D eigenvalue weighted by atomic mass is 10.0. The molecular weight excluding hydrogens is 1010 g/mol. The van der Waals surface area contributed by atoms with Crippen LogP contribution in [0.15, 0.2) is 94.7 Å². The molecule has 0 heterocycles. The molecule has 20 heteroatoms. The van der Waals surface area contributed by atoms with Gasteiger partial charge in [-0.25, -0.2) is 16.8 Å². The number of nitriles is 2. The van der Waals surface area contributed by atoms with Crippen LogP contribution in [0.5, 0.6) is 0 Å². The van der Waals surface area contributed by atoms with Crippen molar-refractivity contribution in [2.45, 2.75) is 108 Å². The van der Waals surface area contributed by atoms with Gasteiger partial charge >= 0.3 is 0 Å². The van der Waals surface area contributed by atoms with E-state index in [1.165, 1.54) is 36.4 Å². The third-order valence-corrected chi connectivity index (χ3v) is 18.6. The van der Waals surface area contributed by atoms with Gasteiger partial charge in [0.25, 0.3) is 0 Å². The summed E-state index contributed by atoms with van der Waals surface area (Å²) >= 11 is 36.0. The highest BCUT2D eigenvalue weighted by molar-refractivity contribution is 7.92. The summed E-state index contributed by atoms with van der Waals surface area (Å²) in [6.45, 7) is 0.396. The Morgan fingerprint density at radius 2 is 0.879 bits per heavy atom. The number of ether oxygens (including phenoxy) is 2. The molecule has 4 saturated carbocycles. The van der Waals surface area contributed by atoms with E-state index in [4.69, 9.17) is 79.1 Å². The lowest BCUT2D eigenvalue weighted by molar-refractivity contribution is -0.131. The molecule has 66 heavy (non-hydrogen) atoms. The predicted molar refractivity (Wildman–Crippen MR) is 252 cm³/mol. The standard InChI is InChI=1S/2C23H21Cl3N2O4S/c2*24-15-3-1-14(2-4-15)12-32-20-11-17(10-18(20)22(29)28-23(13-27)7-8-23)33(30,31)21-6-5-16(25)9-19(21)26/h2*1-6,9,17-18,20H,7-8,10-12H2,(H,28,29)/t2*17-,18-,20-/m10/s1. The maximum Gasteiger partial charge on any atom is 0.227 e. The van der Waals surface area contributed by atoms with Crippen LogP contribution in [0.3, 0.4) is 0 Å². The number of carbonyl (C=O) groups is 2. The largest absolute Gasteiger partial charge is 0.373 e. The van der Waals surface area contributed by atoms with Gasteiger partial charge in [0.1, 0.15) is 11.1 Å². The number of benzene rings is 4. The maximum absolute atomic E-state index is 13.4. The van der Waals surface area contributed by atoms with Crippen molar-refractivity contribution >= 4 is 101 Å². The second-order valence-corrected chi connectivity index (χ2v) is 23.9. The van der Waals surface area contributed by atoms with Crippen LogP contribution in [0.4, 0.5) is 0 Å². The van der Waals surface area contributed by atoms with Crippen LogP contribution in [-0.4, -0.2) is 62.4 Å². The normalized spacial score (nSPS) is 23.6. The van der Waals surface area contributed by atoms with Crippen molar-refractivity contribution in [2.75, 3.05) is 0 Å². The first kappa shape index (κ1) is 50.2. The molecule has 2 N–H and O–H groups in total. The summed E-state index contributed by atoms with van der Waals surface area (Å²) in [4.78, 5) is 26.1. The number of carbonyl (C=O) groups excluding carboxylic acids is 2. The SMILES string of the molecule is N#CC1(NC(=O)[C@@H]2C[C@@H](S(=O)(=O)c3ccc(Cl)cc3Cl)C[C@H]2OCc2ccc(Cl)cc2)CC1.N#CC1(NC(=O)[C@H]2C[C@H](S(=O)(=O)c3ccc(Cl)cc3Cl)C[C@@H]2OCc2ccc(Cl)cc2)CC1. The highest BCUT2D eigenvalue weighted by Crippen LogP contribution is 2.43. The number of amides is 2. The van der Waals surface area contributed by atoms with Gasteiger partial charge in [0, 0.05) is 20.1 Å². The summed E-state index contributed by atoms with van der Waals surface area (Å²) in [7, 11) is -7.68. The van der Waals surface area contributed by atoms with Crippen molar-refractivity contribution in [3.63, 3.8) is 0 Å². The summed E-state index contributed by atoms with van der Waals surface area (Å²) in [5.41, 5.74) is -0.00898. The van der Waals surface area contributed by atoms with Gasteiger partial charge in [-0.1, -0.05) is 93.9 Å². The van der Waals surface area contributed by atoms with Crippen molar-refractivity contribution in [3.8, 4) is 12.1 Å². The lowest BCUT2D eigenvalue weighted by Gasteiger charge is -2.21. The number of halogens is 6. The minimum Gasteiger partial charge on any atom is -0.373 e. The Labute approximate surface area is 413 Å². The van der Waals surface area contributed by atoms with Crippen LogP contribution in [0.25, 0.3) is 0 Å². The van der Waals surface area contributed by atoms with E-state index in [0.29, 0.717) is 45.8 Å². The number of nitrogens with zero attached hydrogens (tertiary/aromatic N) is 2. The minimum absolute atomic E-state index is 0.0215. The molecule has 0 aromatic heterocycles. The van der Waals surface area contributed by atoms with Crippen LogP contribution in [0, 0.1) is 34.5 Å². The van der Waals surface area contributed by atoms with Gasteiger partial charge in [-0.2, -0.15) is 10.5 Å². The first-order valence-corrected chi connectivity index (χ1v) is 26.2. The van der Waals surface area contributed by atoms with Crippen LogP contribution >= 0.6 is 69.6 Å². The fraction of sp³-hybridized carbons (Fsp3) is 0.391. The van der Waals surface area contributed by atoms with Gasteiger partial charge in [0.2, 0.25) is 11.8 Å². The Morgan fingerprint density at radius 3 is 1.18 bits per heavy atom. The van der Waals surface area contributed by atoms with E-state index in [0.717, 1.165) is 11.1 Å². The molecule has 4 aromatic rings. The quantitative estimate of drug-likeness (QED) is 0.123. The van der Waals surface area contributed by atoms with Crippen LogP contribution in [0.2, 0.25) is 30.1 Å². The van der Waals surface area contributed by atoms with E-state index in [1.54, 1.807) is 24.3 Å². The molecule has 0 bridgehead atoms. The zero-order chi connectivity index (χ0) is 47.6. The van der Waals surface area contributed by atoms with Gasteiger partial charge in [0.15, 0.2) is 19.7 Å². The van der Waals surface area contributed by atoms with Crippen LogP contribution in [-0.2, 0) is 52.0 Å². The Kier molecular flexibility index (Phi) is 15.6. The zero-order valence-electron chi connectivity index (χ0n) is 34.9. The molecule has 0 spiro atoms. The molecule has 0 radical (unpaired) electrons. The van der Waals surface area contributed by atoms with Gasteiger partial charge in [-0.15, -0.1) is 0 Å². The Balaban J connectivity index is 0.000000196. The second kappa shape index (κ2) is 20.5. The first-order chi connectivity index (χ1) is 31.3. The fourth-order valence-electron chi connectivity index (χ4n) is 8.11. The topological polar surface area (TPSA) is 193 Å². The number of hydrogen-bond donors (Lipinski definition) is 2. The molecule has 4 aliphatic rings. The van der Waals surface area contributed by atoms with Crippen LogP contribution in [0.1, 0.15) is 62.5 Å². The van der Waals surface area contributed by atoms with Crippen molar-refractivity contribution in [2.24, 2.45) is 11.8 Å². The van der Waals surface area contributed by atoms with E-state index >= 15 is 0 Å². The molecule has 0 saturated heterocycles. The molecule has 4 aromatic carbocycles. The molecular formula is C46H42Cl6N4O8S2. The smallest absolute Gasteiger partial charge is 0.227 e. The van der Waals surface area contributed by atoms with E-state index in [1.807, 2.05) is 24.3 Å². The minimum atomic E-state index is -3.84. The summed E-state index contributed by atoms with van der Waals surface area (Å²) in [6, 6.07) is 26.9. The van der Waals surface area contributed by atoms with Crippen molar-refractivity contribution in [3.05, 3.63) is 126 Å². The fourth-order valence-corrected chi connectivity index (χ4v) is 13.5. The van der Waals surface area contributed by atoms with Crippen molar-refractivity contribution in [1.82, 2.24) is 10.6 Å². The summed E-state index contributed by atoms with van der Waals surface area (Å²) < 4.78 is 65.5. The predicted octanol–water partition coefficient (Wildman–Crippen LogP) is 9.91. The van der Waals surface area contributed by atoms with Gasteiger partial charge < -0.3 is 20.1 Å². The van der Waals surface area contributed by atoms with E-state index in [2.05, 4.69) is 22.8 Å². The summed E-state index contributed by atoms with van der Waals surface area (Å²) in [6.07, 6.45) is 1.46. The molecule has 4 aliphatic carbocycles. The Morgan fingerprint density at radius 1 is 0.545 bits per heavy atom. The maximum atomic E-state index is 13.4. The number of nitrogens with one attached hydrogen (secondary N) is 2. The molecule has 0 unspecified atom stereocenters. The number of hydrogen-bond acceptors (Lipinski definition) is 10. The second-order valence-electron chi connectivity index (χ2n) is 17.0. The van der Waals surface area contributed by atoms with E-state index in [9.17, 15) is 36.9 Å². The lowest BCUT2D eigenvalue weighted by Crippen LogP contribution is -2.42. The van der Waals surface area contributed by atoms with Crippen molar-refractivity contribution in [1.29, 1.82) is 10.5 Å². The third-order valence-electron chi connectivity index (χ3n) is 12.3. The van der Waals surface area contributed by atoms with Crippen molar-refractivity contribution < 1.29 is 35.9 Å². The Bertz CT molecular complexity index is 2610. The first-order valence-electron chi connectivity index (χ1n) is 20.8.